The van der Waals surface area contributed by atoms with Crippen LogP contribution in [0.4, 0.5) is 0 Å². The normalized spacial score (nSPS) is 12.1. The molecule has 3 nitrogen and oxygen atoms in total. The lowest BCUT2D eigenvalue weighted by molar-refractivity contribution is -0.139. The zero-order valence-corrected chi connectivity index (χ0v) is 11.8. The van der Waals surface area contributed by atoms with Gasteiger partial charge in [0.25, 0.3) is 0 Å². The number of nitrogens with one attached hydrogen (secondary N) is 1. The number of aliphatic carboxylic acids is 1. The average Bonchev–Trinajstić information content (AvgIpc) is 2.44. The van der Waals surface area contributed by atoms with Gasteiger partial charge in [-0.3, -0.25) is 10.1 Å². The number of benzene rings is 2. The Kier molecular flexibility index (Phi) is 4.53. The summed E-state index contributed by atoms with van der Waals surface area (Å²) in [4.78, 5) is 11.5. The lowest BCUT2D eigenvalue weighted by Gasteiger charge is -2.18. The molecule has 1 atom stereocenters. The van der Waals surface area contributed by atoms with Crippen molar-refractivity contribution in [1.82, 2.24) is 5.32 Å². The number of hydrogen-bond donors (Lipinski definition) is 2. The second-order valence-corrected chi connectivity index (χ2v) is 4.93. The van der Waals surface area contributed by atoms with E-state index in [0.29, 0.717) is 6.54 Å². The van der Waals surface area contributed by atoms with E-state index in [4.69, 9.17) is 0 Å². The third-order valence-electron chi connectivity index (χ3n) is 3.56. The van der Waals surface area contributed by atoms with Crippen LogP contribution in [0.3, 0.4) is 0 Å². The Hall–Kier alpha value is -2.13. The Bertz CT molecular complexity index is 593. The lowest BCUT2D eigenvalue weighted by Crippen LogP contribution is -2.28. The maximum absolute atomic E-state index is 11.5. The van der Waals surface area contributed by atoms with Crippen molar-refractivity contribution in [1.29, 1.82) is 0 Å². The van der Waals surface area contributed by atoms with Crippen LogP contribution < -0.4 is 5.32 Å². The van der Waals surface area contributed by atoms with Crippen LogP contribution in [0.1, 0.15) is 28.3 Å². The predicted molar refractivity (Wildman–Crippen MR) is 79.6 cm³/mol. The van der Waals surface area contributed by atoms with Gasteiger partial charge < -0.3 is 5.11 Å². The topological polar surface area (TPSA) is 49.3 Å². The van der Waals surface area contributed by atoms with Gasteiger partial charge in [-0.2, -0.15) is 0 Å². The summed E-state index contributed by atoms with van der Waals surface area (Å²) in [7, 11) is 0. The number of rotatable bonds is 5. The summed E-state index contributed by atoms with van der Waals surface area (Å²) in [5.74, 6) is -0.852. The highest BCUT2D eigenvalue weighted by Gasteiger charge is 2.21. The third-order valence-corrected chi connectivity index (χ3v) is 3.56. The predicted octanol–water partition coefficient (Wildman–Crippen LogP) is 3.22. The fourth-order valence-electron chi connectivity index (χ4n) is 2.23. The summed E-state index contributed by atoms with van der Waals surface area (Å²) in [6, 6.07) is 14.9. The van der Waals surface area contributed by atoms with Crippen molar-refractivity contribution in [3.8, 4) is 0 Å². The highest BCUT2D eigenvalue weighted by Crippen LogP contribution is 2.21. The molecule has 2 N–H and O–H groups in total. The van der Waals surface area contributed by atoms with Crippen LogP contribution in [0.25, 0.3) is 0 Å². The van der Waals surface area contributed by atoms with Gasteiger partial charge in [-0.15, -0.1) is 0 Å². The van der Waals surface area contributed by atoms with E-state index in [0.717, 1.165) is 22.3 Å². The molecular formula is C17H19NO2. The first-order valence-electron chi connectivity index (χ1n) is 6.66. The van der Waals surface area contributed by atoms with Crippen molar-refractivity contribution >= 4 is 5.97 Å². The van der Waals surface area contributed by atoms with E-state index in [-0.39, 0.29) is 0 Å². The number of hydrogen-bond acceptors (Lipinski definition) is 2. The molecule has 0 aliphatic heterocycles. The van der Waals surface area contributed by atoms with E-state index in [9.17, 15) is 9.90 Å². The molecule has 0 saturated heterocycles. The molecule has 0 aliphatic rings. The van der Waals surface area contributed by atoms with E-state index < -0.39 is 12.0 Å². The first-order valence-corrected chi connectivity index (χ1v) is 6.66. The monoisotopic (exact) mass is 269 g/mol. The molecule has 104 valence electrons. The van der Waals surface area contributed by atoms with Gasteiger partial charge in [-0.25, -0.2) is 0 Å². The van der Waals surface area contributed by atoms with Crippen LogP contribution in [0.15, 0.2) is 48.5 Å². The van der Waals surface area contributed by atoms with Crippen LogP contribution in [0.5, 0.6) is 0 Å². The molecule has 0 amide bonds. The first-order chi connectivity index (χ1) is 9.59. The Balaban J connectivity index is 2.20. The molecule has 2 rings (SSSR count). The highest BCUT2D eigenvalue weighted by atomic mass is 16.4. The van der Waals surface area contributed by atoms with E-state index in [1.54, 1.807) is 0 Å². The first kappa shape index (κ1) is 14.3. The Morgan fingerprint density at radius 3 is 2.45 bits per heavy atom. The fraction of sp³-hybridized carbons (Fsp3) is 0.235. The molecule has 0 fully saturated rings. The maximum Gasteiger partial charge on any atom is 0.325 e. The largest absolute Gasteiger partial charge is 0.480 e. The number of carboxylic acids is 1. The Morgan fingerprint density at radius 2 is 1.80 bits per heavy atom. The molecule has 1 unspecified atom stereocenters. The van der Waals surface area contributed by atoms with Crippen LogP contribution >= 0.6 is 0 Å². The minimum atomic E-state index is -0.852. The fourth-order valence-corrected chi connectivity index (χ4v) is 2.23. The highest BCUT2D eigenvalue weighted by molar-refractivity contribution is 5.76. The van der Waals surface area contributed by atoms with Crippen LogP contribution in [-0.2, 0) is 11.3 Å². The molecule has 2 aromatic rings. The number of aryl methyl sites for hydroxylation is 1. The van der Waals surface area contributed by atoms with Crippen molar-refractivity contribution < 1.29 is 9.90 Å². The molecule has 0 radical (unpaired) electrons. The van der Waals surface area contributed by atoms with Crippen molar-refractivity contribution in [2.24, 2.45) is 0 Å². The van der Waals surface area contributed by atoms with E-state index in [1.165, 1.54) is 0 Å². The number of carbonyl (C=O) groups is 1. The van der Waals surface area contributed by atoms with E-state index in [2.05, 4.69) is 5.32 Å². The molecular weight excluding hydrogens is 250 g/mol. The molecule has 20 heavy (non-hydrogen) atoms. The quantitative estimate of drug-likeness (QED) is 0.876. The minimum Gasteiger partial charge on any atom is -0.480 e. The lowest BCUT2D eigenvalue weighted by atomic mass is 9.97. The van der Waals surface area contributed by atoms with Crippen LogP contribution in [-0.4, -0.2) is 11.1 Å². The van der Waals surface area contributed by atoms with Crippen LogP contribution in [0.2, 0.25) is 0 Å². The zero-order valence-electron chi connectivity index (χ0n) is 11.8. The van der Waals surface area contributed by atoms with Gasteiger partial charge in [0.15, 0.2) is 0 Å². The molecule has 0 heterocycles. The summed E-state index contributed by atoms with van der Waals surface area (Å²) >= 11 is 0. The number of carboxylic acid groups (broad SMARTS) is 1. The van der Waals surface area contributed by atoms with Gasteiger partial charge in [0, 0.05) is 6.54 Å². The van der Waals surface area contributed by atoms with Crippen molar-refractivity contribution in [2.45, 2.75) is 26.4 Å². The van der Waals surface area contributed by atoms with Gasteiger partial charge >= 0.3 is 5.97 Å². The molecule has 0 spiro atoms. The summed E-state index contributed by atoms with van der Waals surface area (Å²) in [5, 5.41) is 12.6. The van der Waals surface area contributed by atoms with Crippen molar-refractivity contribution in [3.05, 3.63) is 70.8 Å². The molecule has 0 bridgehead atoms. The van der Waals surface area contributed by atoms with E-state index >= 15 is 0 Å². The van der Waals surface area contributed by atoms with Crippen molar-refractivity contribution in [2.75, 3.05) is 0 Å². The van der Waals surface area contributed by atoms with Gasteiger partial charge in [0.1, 0.15) is 6.04 Å². The molecule has 0 saturated carbocycles. The third kappa shape index (κ3) is 3.25. The summed E-state index contributed by atoms with van der Waals surface area (Å²) < 4.78 is 0. The summed E-state index contributed by atoms with van der Waals surface area (Å²) in [5.41, 5.74) is 4.04. The van der Waals surface area contributed by atoms with Crippen LogP contribution in [0, 0.1) is 13.8 Å². The maximum atomic E-state index is 11.5. The van der Waals surface area contributed by atoms with Gasteiger partial charge in [-0.1, -0.05) is 48.5 Å². The molecule has 0 aliphatic carbocycles. The second kappa shape index (κ2) is 6.35. The summed E-state index contributed by atoms with van der Waals surface area (Å²) in [6.45, 7) is 4.49. The Labute approximate surface area is 119 Å². The molecule has 0 aromatic heterocycles. The standard InChI is InChI=1S/C17H19NO2/c1-12-7-6-10-15(13(12)2)16(17(19)20)18-11-14-8-4-3-5-9-14/h3-10,16,18H,11H2,1-2H3,(H,19,20). The van der Waals surface area contributed by atoms with Gasteiger partial charge in [0.2, 0.25) is 0 Å². The minimum absolute atomic E-state index is 0.533. The van der Waals surface area contributed by atoms with Gasteiger partial charge in [0.05, 0.1) is 0 Å². The van der Waals surface area contributed by atoms with E-state index in [1.807, 2.05) is 62.4 Å². The zero-order chi connectivity index (χ0) is 14.5. The second-order valence-electron chi connectivity index (χ2n) is 4.93. The summed E-state index contributed by atoms with van der Waals surface area (Å²) in [6.07, 6.45) is 0. The molecule has 2 aromatic carbocycles. The Morgan fingerprint density at radius 1 is 1.10 bits per heavy atom. The van der Waals surface area contributed by atoms with Gasteiger partial charge in [-0.05, 0) is 36.1 Å². The average molecular weight is 269 g/mol. The smallest absolute Gasteiger partial charge is 0.325 e. The van der Waals surface area contributed by atoms with Crippen molar-refractivity contribution in [3.63, 3.8) is 0 Å². The SMILES string of the molecule is Cc1cccc(C(NCc2ccccc2)C(=O)O)c1C. The molecule has 3 heteroatoms.